The molecule has 0 aromatic heterocycles. The van der Waals surface area contributed by atoms with E-state index in [1.807, 2.05) is 6.07 Å². The zero-order valence-corrected chi connectivity index (χ0v) is 8.58. The van der Waals surface area contributed by atoms with Gasteiger partial charge in [0.25, 0.3) is 0 Å². The predicted molar refractivity (Wildman–Crippen MR) is 55.7 cm³/mol. The molecular formula is C11H15S. The zero-order valence-electron chi connectivity index (χ0n) is 7.76. The second-order valence-electron chi connectivity index (χ2n) is 2.87. The van der Waals surface area contributed by atoms with Crippen molar-refractivity contribution in [3.63, 3.8) is 0 Å². The number of rotatable bonds is 4. The lowest BCUT2D eigenvalue weighted by Crippen LogP contribution is -1.84. The molecule has 0 aliphatic carbocycles. The van der Waals surface area contributed by atoms with E-state index in [-0.39, 0.29) is 0 Å². The van der Waals surface area contributed by atoms with Crippen molar-refractivity contribution >= 4 is 11.8 Å². The minimum Gasteiger partial charge on any atom is -0.129 e. The highest BCUT2D eigenvalue weighted by Crippen LogP contribution is 2.16. The van der Waals surface area contributed by atoms with Crippen LogP contribution in [0.1, 0.15) is 25.3 Å². The van der Waals surface area contributed by atoms with Gasteiger partial charge in [-0.1, -0.05) is 25.5 Å². The SMILES string of the molecule is CCCCc1cc[c]c(SC)c1. The van der Waals surface area contributed by atoms with Gasteiger partial charge < -0.3 is 0 Å². The van der Waals surface area contributed by atoms with E-state index < -0.39 is 0 Å². The molecule has 1 aromatic carbocycles. The molecule has 0 N–H and O–H groups in total. The molecule has 0 aliphatic rings. The van der Waals surface area contributed by atoms with Gasteiger partial charge in [-0.25, -0.2) is 0 Å². The van der Waals surface area contributed by atoms with Gasteiger partial charge in [-0.2, -0.15) is 0 Å². The lowest BCUT2D eigenvalue weighted by Gasteiger charge is -2.01. The van der Waals surface area contributed by atoms with E-state index in [0.29, 0.717) is 0 Å². The summed E-state index contributed by atoms with van der Waals surface area (Å²) in [5.74, 6) is 0. The molecule has 0 aliphatic heterocycles. The van der Waals surface area contributed by atoms with Gasteiger partial charge in [0.05, 0.1) is 0 Å². The van der Waals surface area contributed by atoms with Crippen LogP contribution in [0.2, 0.25) is 0 Å². The summed E-state index contributed by atoms with van der Waals surface area (Å²) >= 11 is 1.76. The number of unbranched alkanes of at least 4 members (excludes halogenated alkanes) is 1. The molecule has 0 saturated heterocycles. The molecule has 1 aromatic rings. The summed E-state index contributed by atoms with van der Waals surface area (Å²) in [5.41, 5.74) is 1.44. The van der Waals surface area contributed by atoms with Gasteiger partial charge in [0.15, 0.2) is 0 Å². The fourth-order valence-electron chi connectivity index (χ4n) is 1.14. The van der Waals surface area contributed by atoms with Crippen LogP contribution in [-0.4, -0.2) is 6.26 Å². The first-order valence-corrected chi connectivity index (χ1v) is 5.64. The first-order chi connectivity index (χ1) is 5.86. The molecule has 0 atom stereocenters. The third-order valence-electron chi connectivity index (χ3n) is 1.88. The van der Waals surface area contributed by atoms with Gasteiger partial charge in [-0.15, -0.1) is 11.8 Å². The molecular weight excluding hydrogens is 164 g/mol. The first-order valence-electron chi connectivity index (χ1n) is 4.41. The van der Waals surface area contributed by atoms with Gasteiger partial charge in [-0.3, -0.25) is 0 Å². The minimum atomic E-state index is 1.21. The highest BCUT2D eigenvalue weighted by Gasteiger charge is 1.94. The fraction of sp³-hybridized carbons (Fsp3) is 0.455. The number of thioether (sulfide) groups is 1. The average Bonchev–Trinajstić information content (AvgIpc) is 2.15. The minimum absolute atomic E-state index is 1.21. The summed E-state index contributed by atoms with van der Waals surface area (Å²) in [6, 6.07) is 9.62. The Morgan fingerprint density at radius 3 is 3.00 bits per heavy atom. The maximum Gasteiger partial charge on any atom is 0.0151 e. The third-order valence-corrected chi connectivity index (χ3v) is 2.55. The van der Waals surface area contributed by atoms with E-state index in [0.717, 1.165) is 0 Å². The standard InChI is InChI=1S/C11H15S/c1-3-4-6-10-7-5-8-11(9-10)12-2/h5,7,9H,3-4,6H2,1-2H3. The molecule has 0 bridgehead atoms. The summed E-state index contributed by atoms with van der Waals surface area (Å²) < 4.78 is 0. The highest BCUT2D eigenvalue weighted by molar-refractivity contribution is 7.98. The van der Waals surface area contributed by atoms with Gasteiger partial charge in [-0.05, 0) is 36.8 Å². The van der Waals surface area contributed by atoms with Crippen molar-refractivity contribution in [3.8, 4) is 0 Å². The van der Waals surface area contributed by atoms with Crippen molar-refractivity contribution in [1.82, 2.24) is 0 Å². The summed E-state index contributed by atoms with van der Waals surface area (Å²) in [5, 5.41) is 0. The van der Waals surface area contributed by atoms with Crippen LogP contribution in [0.4, 0.5) is 0 Å². The van der Waals surface area contributed by atoms with Crippen molar-refractivity contribution < 1.29 is 0 Å². The maximum absolute atomic E-state index is 3.20. The van der Waals surface area contributed by atoms with E-state index in [4.69, 9.17) is 0 Å². The third kappa shape index (κ3) is 2.90. The molecule has 0 heterocycles. The summed E-state index contributed by atoms with van der Waals surface area (Å²) in [6.45, 7) is 2.23. The number of hydrogen-bond acceptors (Lipinski definition) is 1. The Morgan fingerprint density at radius 1 is 1.50 bits per heavy atom. The largest absolute Gasteiger partial charge is 0.129 e. The van der Waals surface area contributed by atoms with E-state index in [2.05, 4.69) is 31.4 Å². The number of benzene rings is 1. The highest BCUT2D eigenvalue weighted by atomic mass is 32.2. The second-order valence-corrected chi connectivity index (χ2v) is 3.72. The Labute approximate surface area is 79.4 Å². The first kappa shape index (κ1) is 9.66. The molecule has 0 spiro atoms. The van der Waals surface area contributed by atoms with Gasteiger partial charge in [0.2, 0.25) is 0 Å². The Hall–Kier alpha value is -0.430. The Bertz CT molecular complexity index is 230. The number of hydrogen-bond donors (Lipinski definition) is 0. The van der Waals surface area contributed by atoms with E-state index in [1.54, 1.807) is 11.8 Å². The summed E-state index contributed by atoms with van der Waals surface area (Å²) in [4.78, 5) is 1.25. The monoisotopic (exact) mass is 179 g/mol. The Kier molecular flexibility index (Phi) is 4.23. The van der Waals surface area contributed by atoms with Crippen LogP contribution in [-0.2, 0) is 6.42 Å². The van der Waals surface area contributed by atoms with Crippen LogP contribution in [0.25, 0.3) is 0 Å². The number of aryl methyl sites for hydroxylation is 1. The Morgan fingerprint density at radius 2 is 2.33 bits per heavy atom. The van der Waals surface area contributed by atoms with Crippen LogP contribution in [0.5, 0.6) is 0 Å². The zero-order chi connectivity index (χ0) is 8.81. The molecule has 1 rings (SSSR count). The molecule has 0 saturated carbocycles. The molecule has 65 valence electrons. The summed E-state index contributed by atoms with van der Waals surface area (Å²) in [7, 11) is 0. The molecule has 0 nitrogen and oxygen atoms in total. The molecule has 0 unspecified atom stereocenters. The van der Waals surface area contributed by atoms with Crippen LogP contribution < -0.4 is 0 Å². The van der Waals surface area contributed by atoms with Gasteiger partial charge in [0.1, 0.15) is 0 Å². The molecule has 12 heavy (non-hydrogen) atoms. The molecule has 1 radical (unpaired) electrons. The normalized spacial score (nSPS) is 10.2. The Balaban J connectivity index is 2.60. The van der Waals surface area contributed by atoms with Crippen molar-refractivity contribution in [2.45, 2.75) is 31.1 Å². The van der Waals surface area contributed by atoms with Crippen molar-refractivity contribution in [3.05, 3.63) is 29.8 Å². The summed E-state index contributed by atoms with van der Waals surface area (Å²) in [6.07, 6.45) is 5.86. The second kappa shape index (κ2) is 5.26. The van der Waals surface area contributed by atoms with Crippen LogP contribution in [0.15, 0.2) is 23.1 Å². The molecule has 1 heteroatoms. The van der Waals surface area contributed by atoms with E-state index >= 15 is 0 Å². The quantitative estimate of drug-likeness (QED) is 0.637. The predicted octanol–water partition coefficient (Wildman–Crippen LogP) is 3.55. The van der Waals surface area contributed by atoms with Crippen LogP contribution in [0, 0.1) is 6.07 Å². The molecule has 0 fully saturated rings. The van der Waals surface area contributed by atoms with Gasteiger partial charge in [0, 0.05) is 4.90 Å². The maximum atomic E-state index is 3.20. The van der Waals surface area contributed by atoms with E-state index in [9.17, 15) is 0 Å². The van der Waals surface area contributed by atoms with Crippen LogP contribution >= 0.6 is 11.8 Å². The van der Waals surface area contributed by atoms with Gasteiger partial charge >= 0.3 is 0 Å². The lowest BCUT2D eigenvalue weighted by molar-refractivity contribution is 0.793. The van der Waals surface area contributed by atoms with Crippen LogP contribution in [0.3, 0.4) is 0 Å². The topological polar surface area (TPSA) is 0 Å². The smallest absolute Gasteiger partial charge is 0.0151 e. The van der Waals surface area contributed by atoms with Crippen molar-refractivity contribution in [2.75, 3.05) is 6.26 Å². The molecule has 0 amide bonds. The van der Waals surface area contributed by atoms with Crippen molar-refractivity contribution in [1.29, 1.82) is 0 Å². The van der Waals surface area contributed by atoms with E-state index in [1.165, 1.54) is 29.7 Å². The van der Waals surface area contributed by atoms with Crippen molar-refractivity contribution in [2.24, 2.45) is 0 Å². The fourth-order valence-corrected chi connectivity index (χ4v) is 1.60. The lowest BCUT2D eigenvalue weighted by atomic mass is 10.1. The average molecular weight is 179 g/mol.